The molecule has 3 aromatic rings. The molecule has 0 unspecified atom stereocenters. The lowest BCUT2D eigenvalue weighted by molar-refractivity contribution is -0.383. The molecule has 0 bridgehead atoms. The van der Waals surface area contributed by atoms with E-state index in [9.17, 15) is 10.1 Å². The molecule has 1 aromatic carbocycles. The summed E-state index contributed by atoms with van der Waals surface area (Å²) in [5.74, 6) is 0.319. The van der Waals surface area contributed by atoms with Gasteiger partial charge in [-0.3, -0.25) is 10.1 Å². The highest BCUT2D eigenvalue weighted by Crippen LogP contribution is 2.35. The monoisotopic (exact) mass is 203 g/mol. The van der Waals surface area contributed by atoms with Gasteiger partial charge in [0, 0.05) is 6.07 Å². The van der Waals surface area contributed by atoms with E-state index in [2.05, 4.69) is 0 Å². The zero-order chi connectivity index (χ0) is 10.4. The van der Waals surface area contributed by atoms with E-state index >= 15 is 0 Å². The lowest BCUT2D eigenvalue weighted by atomic mass is 10.2. The highest BCUT2D eigenvalue weighted by Gasteiger charge is 2.19. The van der Waals surface area contributed by atoms with Crippen LogP contribution in [0.4, 0.5) is 5.69 Å². The molecule has 2 aromatic heterocycles. The third-order valence-corrected chi connectivity index (χ3v) is 2.30. The predicted molar refractivity (Wildman–Crippen MR) is 52.6 cm³/mol. The van der Waals surface area contributed by atoms with Crippen LogP contribution in [0.5, 0.6) is 0 Å². The van der Waals surface area contributed by atoms with Crippen LogP contribution in [0.25, 0.3) is 22.1 Å². The average Bonchev–Trinajstić information content (AvgIpc) is 2.75. The Kier molecular flexibility index (Phi) is 1.39. The quantitative estimate of drug-likeness (QED) is 0.450. The maximum atomic E-state index is 10.8. The van der Waals surface area contributed by atoms with Crippen molar-refractivity contribution in [2.75, 3.05) is 0 Å². The predicted octanol–water partition coefficient (Wildman–Crippen LogP) is 3.09. The molecule has 3 rings (SSSR count). The number of fused-ring (bicyclic) bond motifs is 3. The Balaban J connectivity index is 2.58. The topological polar surface area (TPSA) is 69.4 Å². The normalized spacial score (nSPS) is 11.2. The number of nitrogens with zero attached hydrogens (tertiary/aromatic N) is 1. The second kappa shape index (κ2) is 2.60. The van der Waals surface area contributed by atoms with Gasteiger partial charge in [0.05, 0.1) is 16.6 Å². The largest absolute Gasteiger partial charge is 0.433 e. The van der Waals surface area contributed by atoms with Gasteiger partial charge in [-0.2, -0.15) is 0 Å². The maximum absolute atomic E-state index is 10.8. The summed E-state index contributed by atoms with van der Waals surface area (Å²) in [5, 5.41) is 11.9. The van der Waals surface area contributed by atoms with E-state index in [1.807, 2.05) is 0 Å². The molecule has 0 radical (unpaired) electrons. The molecule has 0 aliphatic heterocycles. The summed E-state index contributed by atoms with van der Waals surface area (Å²) in [5.41, 5.74) is 0.506. The van der Waals surface area contributed by atoms with Gasteiger partial charge >= 0.3 is 0 Å². The zero-order valence-corrected chi connectivity index (χ0v) is 7.47. The molecule has 0 spiro atoms. The van der Waals surface area contributed by atoms with Crippen molar-refractivity contribution in [1.29, 1.82) is 0 Å². The second-order valence-corrected chi connectivity index (χ2v) is 3.13. The smallest absolute Gasteiger partial charge is 0.298 e. The van der Waals surface area contributed by atoms with Crippen molar-refractivity contribution in [2.24, 2.45) is 0 Å². The Morgan fingerprint density at radius 1 is 1.27 bits per heavy atom. The second-order valence-electron chi connectivity index (χ2n) is 3.13. The molecule has 0 saturated carbocycles. The first kappa shape index (κ1) is 8.05. The van der Waals surface area contributed by atoms with Crippen LogP contribution in [0.2, 0.25) is 0 Å². The van der Waals surface area contributed by atoms with E-state index < -0.39 is 4.92 Å². The van der Waals surface area contributed by atoms with Crippen LogP contribution < -0.4 is 0 Å². The molecular formula is C10H5NO4. The first-order valence-corrected chi connectivity index (χ1v) is 4.30. The Hall–Kier alpha value is -2.30. The third-order valence-electron chi connectivity index (χ3n) is 2.30. The Morgan fingerprint density at radius 2 is 2.13 bits per heavy atom. The molecule has 2 heterocycles. The molecule has 0 fully saturated rings. The van der Waals surface area contributed by atoms with Crippen molar-refractivity contribution in [3.05, 3.63) is 40.6 Å². The van der Waals surface area contributed by atoms with Gasteiger partial charge in [-0.1, -0.05) is 6.07 Å². The van der Waals surface area contributed by atoms with Crippen molar-refractivity contribution in [3.8, 4) is 0 Å². The summed E-state index contributed by atoms with van der Waals surface area (Å²) in [6.45, 7) is 0. The van der Waals surface area contributed by atoms with Crippen LogP contribution in [0.3, 0.4) is 0 Å². The van der Waals surface area contributed by atoms with Gasteiger partial charge in [-0.15, -0.1) is 0 Å². The van der Waals surface area contributed by atoms with Gasteiger partial charge in [-0.25, -0.2) is 0 Å². The molecular weight excluding hydrogens is 198 g/mol. The summed E-state index contributed by atoms with van der Waals surface area (Å²) >= 11 is 0. The fourth-order valence-electron chi connectivity index (χ4n) is 1.69. The van der Waals surface area contributed by atoms with Crippen molar-refractivity contribution in [2.45, 2.75) is 0 Å². The summed E-state index contributed by atoms with van der Waals surface area (Å²) < 4.78 is 10.4. The first-order valence-electron chi connectivity index (χ1n) is 4.30. The fraction of sp³-hybridized carbons (Fsp3) is 0. The van der Waals surface area contributed by atoms with Gasteiger partial charge in [0.1, 0.15) is 11.0 Å². The standard InChI is InChI=1S/C10H5NO4/c12-11(13)7-2-1-3-8-9(7)6-4-5-14-10(6)15-8/h1-5H. The zero-order valence-electron chi connectivity index (χ0n) is 7.47. The van der Waals surface area contributed by atoms with Crippen LogP contribution >= 0.6 is 0 Å². The number of hydrogen-bond donors (Lipinski definition) is 0. The van der Waals surface area contributed by atoms with E-state index in [4.69, 9.17) is 8.83 Å². The number of nitro benzene ring substituents is 1. The Bertz CT molecular complexity index is 664. The maximum Gasteiger partial charge on any atom is 0.298 e. The van der Waals surface area contributed by atoms with Gasteiger partial charge < -0.3 is 8.83 Å². The van der Waals surface area contributed by atoms with E-state index in [1.165, 1.54) is 12.3 Å². The molecule has 0 N–H and O–H groups in total. The third kappa shape index (κ3) is 0.969. The summed E-state index contributed by atoms with van der Waals surface area (Å²) in [4.78, 5) is 10.4. The van der Waals surface area contributed by atoms with Crippen molar-refractivity contribution in [1.82, 2.24) is 0 Å². The summed E-state index contributed by atoms with van der Waals surface area (Å²) in [7, 11) is 0. The van der Waals surface area contributed by atoms with Gasteiger partial charge in [0.2, 0.25) is 0 Å². The van der Waals surface area contributed by atoms with E-state index in [-0.39, 0.29) is 5.69 Å². The van der Waals surface area contributed by atoms with E-state index in [0.717, 1.165) is 0 Å². The first-order chi connectivity index (χ1) is 7.27. The Labute approximate surface area is 83.0 Å². The molecule has 74 valence electrons. The highest BCUT2D eigenvalue weighted by atomic mass is 16.6. The van der Waals surface area contributed by atoms with Crippen LogP contribution in [-0.2, 0) is 0 Å². The molecule has 0 aliphatic carbocycles. The molecule has 5 heteroatoms. The number of hydrogen-bond acceptors (Lipinski definition) is 4. The number of non-ortho nitro benzene ring substituents is 1. The highest BCUT2D eigenvalue weighted by molar-refractivity contribution is 6.08. The molecule has 0 atom stereocenters. The van der Waals surface area contributed by atoms with Crippen LogP contribution in [0.15, 0.2) is 39.4 Å². The van der Waals surface area contributed by atoms with Crippen LogP contribution in [0.1, 0.15) is 0 Å². The van der Waals surface area contributed by atoms with Crippen molar-refractivity contribution >= 4 is 27.8 Å². The molecule has 0 amide bonds. The minimum atomic E-state index is -0.426. The molecule has 0 saturated heterocycles. The summed E-state index contributed by atoms with van der Waals surface area (Å²) in [6.07, 6.45) is 1.45. The van der Waals surface area contributed by atoms with Crippen molar-refractivity contribution in [3.63, 3.8) is 0 Å². The summed E-state index contributed by atoms with van der Waals surface area (Å²) in [6, 6.07) is 6.37. The molecule has 5 nitrogen and oxygen atoms in total. The number of nitro groups is 1. The lowest BCUT2D eigenvalue weighted by Gasteiger charge is -1.91. The van der Waals surface area contributed by atoms with Crippen LogP contribution in [0, 0.1) is 10.1 Å². The number of benzene rings is 1. The van der Waals surface area contributed by atoms with Gasteiger partial charge in [0.25, 0.3) is 11.5 Å². The van der Waals surface area contributed by atoms with E-state index in [0.29, 0.717) is 22.1 Å². The minimum Gasteiger partial charge on any atom is -0.433 e. The Morgan fingerprint density at radius 3 is 2.93 bits per heavy atom. The molecule has 0 aliphatic rings. The average molecular weight is 203 g/mol. The van der Waals surface area contributed by atoms with Crippen molar-refractivity contribution < 1.29 is 13.8 Å². The number of rotatable bonds is 1. The van der Waals surface area contributed by atoms with Gasteiger partial charge in [-0.05, 0) is 12.1 Å². The fourth-order valence-corrected chi connectivity index (χ4v) is 1.69. The minimum absolute atomic E-state index is 0.0349. The van der Waals surface area contributed by atoms with E-state index in [1.54, 1.807) is 18.2 Å². The SMILES string of the molecule is O=[N+]([O-])c1cccc2oc3occc3c12. The molecule has 15 heavy (non-hydrogen) atoms. The van der Waals surface area contributed by atoms with Crippen LogP contribution in [-0.4, -0.2) is 4.92 Å². The lowest BCUT2D eigenvalue weighted by Crippen LogP contribution is -1.87. The van der Waals surface area contributed by atoms with Gasteiger partial charge in [0.15, 0.2) is 0 Å². The number of furan rings is 2.